The van der Waals surface area contributed by atoms with Gasteiger partial charge in [-0.3, -0.25) is 10.8 Å². The first-order chi connectivity index (χ1) is 15.3. The van der Waals surface area contributed by atoms with Crippen LogP contribution in [0.25, 0.3) is 22.6 Å². The summed E-state index contributed by atoms with van der Waals surface area (Å²) < 4.78 is 5.90. The monoisotopic (exact) mass is 433 g/mol. The molecule has 0 fully saturated rings. The number of hydrogen-bond acceptors (Lipinski definition) is 4. The minimum absolute atomic E-state index is 0.0211. The van der Waals surface area contributed by atoms with Crippen molar-refractivity contribution in [3.8, 4) is 22.6 Å². The molecule has 6 heteroatoms. The number of nitrogens with zero attached hydrogens (tertiary/aromatic N) is 1. The van der Waals surface area contributed by atoms with E-state index in [0.717, 1.165) is 11.1 Å². The number of unbranched alkanes of at least 4 members (excludes halogenated alkanes) is 3. The quantitative estimate of drug-likeness (QED) is 0.208. The predicted molar refractivity (Wildman–Crippen MR) is 134 cm³/mol. The minimum Gasteiger partial charge on any atom is -0.456 e. The van der Waals surface area contributed by atoms with Crippen LogP contribution in [-0.4, -0.2) is 37.2 Å². The van der Waals surface area contributed by atoms with Crippen molar-refractivity contribution in [2.45, 2.75) is 32.6 Å². The van der Waals surface area contributed by atoms with Gasteiger partial charge in [0.2, 0.25) is 0 Å². The molecule has 0 radical (unpaired) electrons. The molecular weight excluding hydrogens is 398 g/mol. The van der Waals surface area contributed by atoms with Gasteiger partial charge < -0.3 is 20.8 Å². The molecule has 6 nitrogen and oxygen atoms in total. The summed E-state index contributed by atoms with van der Waals surface area (Å²) in [6.45, 7) is 3.50. The number of hydrogen-bond donors (Lipinski definition) is 4. The standard InChI is InChI=1S/C18H16N4O.C8H19N/c19-17(20)13-5-1-3-11(9-13)15-7-8-16(23-15)12-4-2-6-14(10-12)18(21)22;1-4-5-6-7-8-9(2)3/h1-10H,(H3,19,20)(H3,21,22);4-8H2,1-3H3. The summed E-state index contributed by atoms with van der Waals surface area (Å²) in [5.41, 5.74) is 14.1. The van der Waals surface area contributed by atoms with Crippen LogP contribution < -0.4 is 11.5 Å². The van der Waals surface area contributed by atoms with E-state index in [1.54, 1.807) is 12.1 Å². The summed E-state index contributed by atoms with van der Waals surface area (Å²) in [6.07, 6.45) is 5.50. The van der Waals surface area contributed by atoms with E-state index < -0.39 is 0 Å². The van der Waals surface area contributed by atoms with Crippen LogP contribution in [0.4, 0.5) is 0 Å². The smallest absolute Gasteiger partial charge is 0.134 e. The maximum absolute atomic E-state index is 7.51. The summed E-state index contributed by atoms with van der Waals surface area (Å²) in [6, 6.07) is 18.4. The Labute approximate surface area is 191 Å². The molecule has 3 rings (SSSR count). The fraction of sp³-hybridized carbons (Fsp3) is 0.308. The molecule has 0 atom stereocenters. The summed E-state index contributed by atoms with van der Waals surface area (Å²) in [4.78, 5) is 2.25. The van der Waals surface area contributed by atoms with Crippen LogP contribution in [-0.2, 0) is 0 Å². The lowest BCUT2D eigenvalue weighted by Gasteiger charge is -2.07. The fourth-order valence-electron chi connectivity index (χ4n) is 3.18. The first-order valence-corrected chi connectivity index (χ1v) is 11.0. The van der Waals surface area contributed by atoms with Gasteiger partial charge in [-0.15, -0.1) is 0 Å². The summed E-state index contributed by atoms with van der Waals surface area (Å²) in [5.74, 6) is 1.42. The third-order valence-corrected chi connectivity index (χ3v) is 4.98. The largest absolute Gasteiger partial charge is 0.456 e. The second kappa shape index (κ2) is 12.5. The SMILES string of the molecule is CCCCCCN(C)C.N=C(N)c1cccc(-c2ccc(-c3cccc(C(=N)N)c3)o2)c1. The molecule has 0 aliphatic rings. The second-order valence-corrected chi connectivity index (χ2v) is 8.02. The second-order valence-electron chi connectivity index (χ2n) is 8.02. The molecule has 0 spiro atoms. The highest BCUT2D eigenvalue weighted by atomic mass is 16.3. The maximum Gasteiger partial charge on any atom is 0.134 e. The number of benzene rings is 2. The van der Waals surface area contributed by atoms with Gasteiger partial charge in [-0.05, 0) is 51.3 Å². The molecule has 1 heterocycles. The Hall–Kier alpha value is -3.38. The molecule has 2 aromatic carbocycles. The highest BCUT2D eigenvalue weighted by Crippen LogP contribution is 2.29. The van der Waals surface area contributed by atoms with Gasteiger partial charge in [0.25, 0.3) is 0 Å². The molecule has 0 aliphatic heterocycles. The Morgan fingerprint density at radius 1 is 0.781 bits per heavy atom. The number of nitrogens with one attached hydrogen (secondary N) is 2. The van der Waals surface area contributed by atoms with Crippen LogP contribution in [0.2, 0.25) is 0 Å². The van der Waals surface area contributed by atoms with Gasteiger partial charge >= 0.3 is 0 Å². The third kappa shape index (κ3) is 7.71. The Kier molecular flexibility index (Phi) is 9.70. The van der Waals surface area contributed by atoms with Crippen molar-refractivity contribution < 1.29 is 4.42 Å². The minimum atomic E-state index is 0.0211. The van der Waals surface area contributed by atoms with Crippen molar-refractivity contribution in [3.63, 3.8) is 0 Å². The molecule has 6 N–H and O–H groups in total. The normalized spacial score (nSPS) is 10.5. The molecule has 0 aliphatic carbocycles. The van der Waals surface area contributed by atoms with E-state index in [4.69, 9.17) is 26.7 Å². The molecule has 0 saturated heterocycles. The Morgan fingerprint density at radius 3 is 1.69 bits per heavy atom. The van der Waals surface area contributed by atoms with Gasteiger partial charge in [0, 0.05) is 22.3 Å². The van der Waals surface area contributed by atoms with Crippen molar-refractivity contribution >= 4 is 11.7 Å². The molecule has 170 valence electrons. The molecule has 0 unspecified atom stereocenters. The van der Waals surface area contributed by atoms with Gasteiger partial charge in [0.1, 0.15) is 23.2 Å². The van der Waals surface area contributed by atoms with Crippen molar-refractivity contribution in [2.75, 3.05) is 20.6 Å². The molecule has 0 bridgehead atoms. The summed E-state index contributed by atoms with van der Waals surface area (Å²) in [7, 11) is 4.26. The van der Waals surface area contributed by atoms with Gasteiger partial charge in [-0.2, -0.15) is 0 Å². The maximum atomic E-state index is 7.51. The number of nitrogens with two attached hydrogens (primary N) is 2. The van der Waals surface area contributed by atoms with Crippen LogP contribution in [0.1, 0.15) is 43.7 Å². The molecule has 3 aromatic rings. The van der Waals surface area contributed by atoms with E-state index in [2.05, 4.69) is 25.9 Å². The van der Waals surface area contributed by atoms with Crippen LogP contribution in [0.15, 0.2) is 65.1 Å². The summed E-state index contributed by atoms with van der Waals surface area (Å²) >= 11 is 0. The van der Waals surface area contributed by atoms with Crippen molar-refractivity contribution in [1.82, 2.24) is 4.90 Å². The molecule has 32 heavy (non-hydrogen) atoms. The van der Waals surface area contributed by atoms with Crippen LogP contribution >= 0.6 is 0 Å². The summed E-state index contributed by atoms with van der Waals surface area (Å²) in [5, 5.41) is 15.0. The average molecular weight is 434 g/mol. The molecule has 1 aromatic heterocycles. The third-order valence-electron chi connectivity index (χ3n) is 4.98. The Morgan fingerprint density at radius 2 is 1.28 bits per heavy atom. The highest BCUT2D eigenvalue weighted by Gasteiger charge is 2.09. The van der Waals surface area contributed by atoms with E-state index >= 15 is 0 Å². The lowest BCUT2D eigenvalue weighted by atomic mass is 10.1. The number of amidine groups is 2. The van der Waals surface area contributed by atoms with E-state index in [-0.39, 0.29) is 11.7 Å². The fourth-order valence-corrected chi connectivity index (χ4v) is 3.18. The van der Waals surface area contributed by atoms with Gasteiger partial charge in [-0.25, -0.2) is 0 Å². The first-order valence-electron chi connectivity index (χ1n) is 11.0. The average Bonchev–Trinajstić information content (AvgIpc) is 3.28. The zero-order valence-corrected chi connectivity index (χ0v) is 19.3. The topological polar surface area (TPSA) is 116 Å². The van der Waals surface area contributed by atoms with Crippen LogP contribution in [0.5, 0.6) is 0 Å². The number of rotatable bonds is 9. The zero-order valence-electron chi connectivity index (χ0n) is 19.3. The van der Waals surface area contributed by atoms with E-state index in [9.17, 15) is 0 Å². The number of nitrogen functional groups attached to an aromatic ring is 2. The van der Waals surface area contributed by atoms with E-state index in [0.29, 0.717) is 22.6 Å². The Bertz CT molecular complexity index is 950. The van der Waals surface area contributed by atoms with E-state index in [1.807, 2.05) is 48.5 Å². The molecule has 0 saturated carbocycles. The Balaban J connectivity index is 0.000000344. The van der Waals surface area contributed by atoms with Crippen LogP contribution in [0, 0.1) is 10.8 Å². The molecular formula is C26H35N5O. The first kappa shape index (κ1) is 24.9. The van der Waals surface area contributed by atoms with Crippen molar-refractivity contribution in [1.29, 1.82) is 10.8 Å². The van der Waals surface area contributed by atoms with Gasteiger partial charge in [0.05, 0.1) is 0 Å². The number of furan rings is 1. The lowest BCUT2D eigenvalue weighted by molar-refractivity contribution is 0.391. The van der Waals surface area contributed by atoms with Gasteiger partial charge in [0.15, 0.2) is 0 Å². The van der Waals surface area contributed by atoms with Crippen molar-refractivity contribution in [2.24, 2.45) is 11.5 Å². The van der Waals surface area contributed by atoms with E-state index in [1.165, 1.54) is 32.2 Å². The van der Waals surface area contributed by atoms with Gasteiger partial charge in [-0.1, -0.05) is 62.6 Å². The van der Waals surface area contributed by atoms with Crippen LogP contribution in [0.3, 0.4) is 0 Å². The highest BCUT2D eigenvalue weighted by molar-refractivity contribution is 5.96. The molecule has 0 amide bonds. The van der Waals surface area contributed by atoms with Crippen molar-refractivity contribution in [3.05, 3.63) is 71.8 Å². The predicted octanol–water partition coefficient (Wildman–Crippen LogP) is 5.31. The lowest BCUT2D eigenvalue weighted by Crippen LogP contribution is -2.12. The zero-order chi connectivity index (χ0) is 23.5.